The Morgan fingerprint density at radius 2 is 2.00 bits per heavy atom. The summed E-state index contributed by atoms with van der Waals surface area (Å²) in [5.74, 6) is 0.757. The van der Waals surface area contributed by atoms with E-state index in [4.69, 9.17) is 0 Å². The van der Waals surface area contributed by atoms with Gasteiger partial charge in [0, 0.05) is 20.0 Å². The number of halogens is 1. The lowest BCUT2D eigenvalue weighted by Crippen LogP contribution is -2.10. The minimum Gasteiger partial charge on any atom is -0.392 e. The van der Waals surface area contributed by atoms with E-state index in [2.05, 4.69) is 45.6 Å². The van der Waals surface area contributed by atoms with Crippen LogP contribution in [0.15, 0.2) is 51.1 Å². The number of hydrogen-bond donors (Lipinski definition) is 1. The Morgan fingerprint density at radius 3 is 2.67 bits per heavy atom. The van der Waals surface area contributed by atoms with Crippen LogP contribution in [0.5, 0.6) is 0 Å². The van der Waals surface area contributed by atoms with Gasteiger partial charge in [-0.15, -0.1) is 23.1 Å². The molecule has 1 nitrogen and oxygen atoms in total. The van der Waals surface area contributed by atoms with Crippen LogP contribution in [0.25, 0.3) is 0 Å². The first kappa shape index (κ1) is 14.1. The summed E-state index contributed by atoms with van der Waals surface area (Å²) in [5.41, 5.74) is 0. The lowest BCUT2D eigenvalue weighted by molar-refractivity contribution is 0.190. The molecule has 96 valence electrons. The third-order valence-corrected chi connectivity index (χ3v) is 5.18. The number of rotatable bonds is 6. The topological polar surface area (TPSA) is 20.2 Å². The molecule has 0 amide bonds. The molecule has 0 aliphatic carbocycles. The van der Waals surface area contributed by atoms with E-state index in [1.807, 2.05) is 12.1 Å². The van der Waals surface area contributed by atoms with Crippen molar-refractivity contribution in [3.8, 4) is 0 Å². The molecule has 0 spiro atoms. The molecule has 4 heteroatoms. The van der Waals surface area contributed by atoms with Crippen LogP contribution >= 0.6 is 39.0 Å². The highest BCUT2D eigenvalue weighted by atomic mass is 79.9. The van der Waals surface area contributed by atoms with Crippen LogP contribution in [0.2, 0.25) is 0 Å². The third-order valence-electron chi connectivity index (χ3n) is 2.56. The summed E-state index contributed by atoms with van der Waals surface area (Å²) >= 11 is 6.88. The minimum absolute atomic E-state index is 0.235. The summed E-state index contributed by atoms with van der Waals surface area (Å²) in [7, 11) is 0. The molecule has 1 atom stereocenters. The van der Waals surface area contributed by atoms with Crippen LogP contribution in [0.1, 0.15) is 11.3 Å². The first-order valence-corrected chi connectivity index (χ1v) is 8.48. The molecule has 0 aliphatic rings. The van der Waals surface area contributed by atoms with Gasteiger partial charge < -0.3 is 5.11 Å². The van der Waals surface area contributed by atoms with E-state index >= 15 is 0 Å². The lowest BCUT2D eigenvalue weighted by atomic mass is 10.2. The van der Waals surface area contributed by atoms with Crippen molar-refractivity contribution in [2.45, 2.75) is 23.8 Å². The van der Waals surface area contributed by atoms with Crippen molar-refractivity contribution in [3.63, 3.8) is 0 Å². The van der Waals surface area contributed by atoms with Crippen molar-refractivity contribution in [2.75, 3.05) is 5.75 Å². The molecule has 1 N–H and O–H groups in total. The average molecular weight is 343 g/mol. The van der Waals surface area contributed by atoms with Crippen molar-refractivity contribution in [1.29, 1.82) is 0 Å². The zero-order valence-electron chi connectivity index (χ0n) is 9.88. The molecule has 0 saturated heterocycles. The number of thiophene rings is 1. The van der Waals surface area contributed by atoms with E-state index < -0.39 is 0 Å². The van der Waals surface area contributed by atoms with Gasteiger partial charge in [-0.25, -0.2) is 0 Å². The Kier molecular flexibility index (Phi) is 5.76. The van der Waals surface area contributed by atoms with Gasteiger partial charge in [0.2, 0.25) is 0 Å². The van der Waals surface area contributed by atoms with Gasteiger partial charge in [0.1, 0.15) is 0 Å². The predicted molar refractivity (Wildman–Crippen MR) is 83.5 cm³/mol. The normalized spacial score (nSPS) is 12.6. The number of hydrogen-bond acceptors (Lipinski definition) is 3. The largest absolute Gasteiger partial charge is 0.392 e. The molecule has 0 radical (unpaired) electrons. The Balaban J connectivity index is 1.71. The fourth-order valence-corrected chi connectivity index (χ4v) is 3.44. The first-order valence-electron chi connectivity index (χ1n) is 5.83. The number of aliphatic hydroxyl groups is 1. The molecule has 1 aromatic heterocycles. The van der Waals surface area contributed by atoms with Gasteiger partial charge in [-0.1, -0.05) is 22.0 Å². The average Bonchev–Trinajstić information content (AvgIpc) is 2.89. The van der Waals surface area contributed by atoms with Crippen LogP contribution < -0.4 is 0 Å². The van der Waals surface area contributed by atoms with Crippen LogP contribution in [0.4, 0.5) is 0 Å². The molecule has 0 aliphatic heterocycles. The van der Waals surface area contributed by atoms with Gasteiger partial charge in [0.15, 0.2) is 0 Å². The van der Waals surface area contributed by atoms with Gasteiger partial charge in [-0.3, -0.25) is 0 Å². The molecule has 2 aromatic rings. The summed E-state index contributed by atoms with van der Waals surface area (Å²) in [5, 5.41) is 12.0. The molecular weight excluding hydrogens is 328 g/mol. The lowest BCUT2D eigenvalue weighted by Gasteiger charge is -2.09. The first-order chi connectivity index (χ1) is 8.74. The number of thioether (sulfide) groups is 1. The Labute approximate surface area is 124 Å². The second kappa shape index (κ2) is 7.34. The fraction of sp³-hybridized carbons (Fsp3) is 0.286. The summed E-state index contributed by atoms with van der Waals surface area (Å²) in [6, 6.07) is 12.4. The van der Waals surface area contributed by atoms with Gasteiger partial charge in [-0.05, 0) is 48.6 Å². The second-order valence-electron chi connectivity index (χ2n) is 4.04. The monoisotopic (exact) mass is 342 g/mol. The number of aryl methyl sites for hydroxylation is 1. The molecule has 0 bridgehead atoms. The van der Waals surface area contributed by atoms with Crippen LogP contribution in [0, 0.1) is 0 Å². The summed E-state index contributed by atoms with van der Waals surface area (Å²) in [6.45, 7) is 0. The quantitative estimate of drug-likeness (QED) is 0.774. The van der Waals surface area contributed by atoms with Crippen molar-refractivity contribution < 1.29 is 5.11 Å². The van der Waals surface area contributed by atoms with Gasteiger partial charge >= 0.3 is 0 Å². The van der Waals surface area contributed by atoms with E-state index in [0.29, 0.717) is 0 Å². The Bertz CT molecular complexity index is 453. The van der Waals surface area contributed by atoms with Crippen LogP contribution in [-0.2, 0) is 6.42 Å². The van der Waals surface area contributed by atoms with Crippen LogP contribution in [-0.4, -0.2) is 17.0 Å². The number of aliphatic hydroxyl groups excluding tert-OH is 1. The highest BCUT2D eigenvalue weighted by Gasteiger charge is 2.06. The minimum atomic E-state index is -0.235. The van der Waals surface area contributed by atoms with E-state index in [9.17, 15) is 5.11 Å². The maximum absolute atomic E-state index is 9.94. The summed E-state index contributed by atoms with van der Waals surface area (Å²) in [6.07, 6.45) is 1.57. The van der Waals surface area contributed by atoms with Gasteiger partial charge in [0.25, 0.3) is 0 Å². The van der Waals surface area contributed by atoms with Crippen LogP contribution in [0.3, 0.4) is 0 Å². The van der Waals surface area contributed by atoms with Crippen molar-refractivity contribution in [2.24, 2.45) is 0 Å². The van der Waals surface area contributed by atoms with E-state index in [1.54, 1.807) is 23.1 Å². The van der Waals surface area contributed by atoms with Crippen molar-refractivity contribution in [1.82, 2.24) is 0 Å². The smallest absolute Gasteiger partial charge is 0.0637 e. The summed E-state index contributed by atoms with van der Waals surface area (Å²) < 4.78 is 1.09. The second-order valence-corrected chi connectivity index (χ2v) is 7.08. The van der Waals surface area contributed by atoms with E-state index in [1.165, 1.54) is 9.77 Å². The zero-order chi connectivity index (χ0) is 12.8. The maximum atomic E-state index is 9.94. The summed E-state index contributed by atoms with van der Waals surface area (Å²) in [4.78, 5) is 2.55. The molecule has 1 unspecified atom stereocenters. The van der Waals surface area contributed by atoms with Gasteiger partial charge in [0.05, 0.1) is 6.10 Å². The Hall–Kier alpha value is -0.290. The predicted octanol–water partition coefficient (Wildman–Crippen LogP) is 4.60. The van der Waals surface area contributed by atoms with E-state index in [0.717, 1.165) is 23.1 Å². The van der Waals surface area contributed by atoms with Crippen molar-refractivity contribution in [3.05, 3.63) is 51.1 Å². The standard InChI is InChI=1S/C14H15BrOS2/c15-11-3-6-14(7-4-11)18-10-12(16)5-8-13-2-1-9-17-13/h1-4,6-7,9,12,16H,5,8,10H2. The van der Waals surface area contributed by atoms with Gasteiger partial charge in [-0.2, -0.15) is 0 Å². The molecule has 2 rings (SSSR count). The highest BCUT2D eigenvalue weighted by molar-refractivity contribution is 9.10. The molecule has 0 fully saturated rings. The molecule has 0 saturated carbocycles. The maximum Gasteiger partial charge on any atom is 0.0637 e. The Morgan fingerprint density at radius 1 is 1.22 bits per heavy atom. The SMILES string of the molecule is OC(CCc1cccs1)CSc1ccc(Br)cc1. The molecule has 18 heavy (non-hydrogen) atoms. The third kappa shape index (κ3) is 4.76. The highest BCUT2D eigenvalue weighted by Crippen LogP contribution is 2.22. The fourth-order valence-electron chi connectivity index (χ4n) is 1.57. The molecule has 1 heterocycles. The molecule has 1 aromatic carbocycles. The van der Waals surface area contributed by atoms with E-state index in [-0.39, 0.29) is 6.10 Å². The zero-order valence-corrected chi connectivity index (χ0v) is 13.1. The number of benzene rings is 1. The molecular formula is C14H15BrOS2. The van der Waals surface area contributed by atoms with Crippen molar-refractivity contribution >= 4 is 39.0 Å².